The predicted molar refractivity (Wildman–Crippen MR) is 144 cm³/mol. The Morgan fingerprint density at radius 1 is 1.03 bits per heavy atom. The summed E-state index contributed by atoms with van der Waals surface area (Å²) in [6.45, 7) is 8.03. The minimum Gasteiger partial charge on any atom is -0.383 e. The lowest BCUT2D eigenvalue weighted by atomic mass is 9.81. The maximum absolute atomic E-state index is 14.2. The topological polar surface area (TPSA) is 53.1 Å². The Balaban J connectivity index is 1.45. The molecule has 5 rings (SSSR count). The van der Waals surface area contributed by atoms with E-state index in [1.165, 1.54) is 16.8 Å². The van der Waals surface area contributed by atoms with Crippen molar-refractivity contribution in [1.82, 2.24) is 9.80 Å². The second-order valence-corrected chi connectivity index (χ2v) is 10.6. The molecule has 6 nitrogen and oxygen atoms in total. The highest BCUT2D eigenvalue weighted by atomic mass is 32.1. The monoisotopic (exact) mass is 503 g/mol. The van der Waals surface area contributed by atoms with Gasteiger partial charge in [0.25, 0.3) is 5.91 Å². The maximum Gasteiger partial charge on any atom is 0.254 e. The molecule has 2 aliphatic heterocycles. The summed E-state index contributed by atoms with van der Waals surface area (Å²) >= 11 is 1.60. The summed E-state index contributed by atoms with van der Waals surface area (Å²) in [5, 5.41) is 2.01. The molecule has 2 atom stereocenters. The molecular formula is C29H33N3O3S. The van der Waals surface area contributed by atoms with Crippen LogP contribution in [0.15, 0.2) is 60.0 Å². The first-order valence-corrected chi connectivity index (χ1v) is 13.4. The molecular weight excluding hydrogens is 470 g/mol. The number of ether oxygens (including phenoxy) is 1. The number of benzene rings is 2. The summed E-state index contributed by atoms with van der Waals surface area (Å²) in [7, 11) is 1.64. The van der Waals surface area contributed by atoms with Gasteiger partial charge in [0.2, 0.25) is 5.91 Å². The second-order valence-electron chi connectivity index (χ2n) is 9.62. The average molecular weight is 504 g/mol. The SMILES string of the molecule is COCCN1C(=O)c2ccccc2[C@H](C(=O)N2CCN(c3ccc(C)cc3C)CC2)[C@H]1c1cccs1. The number of carbonyl (C=O) groups is 2. The zero-order chi connectivity index (χ0) is 25.2. The van der Waals surface area contributed by atoms with Gasteiger partial charge in [-0.2, -0.15) is 0 Å². The van der Waals surface area contributed by atoms with E-state index in [1.54, 1.807) is 18.4 Å². The molecule has 0 bridgehead atoms. The minimum atomic E-state index is -0.443. The van der Waals surface area contributed by atoms with E-state index < -0.39 is 5.92 Å². The van der Waals surface area contributed by atoms with Crippen LogP contribution in [0.4, 0.5) is 5.69 Å². The predicted octanol–water partition coefficient (Wildman–Crippen LogP) is 4.64. The molecule has 1 aromatic heterocycles. The summed E-state index contributed by atoms with van der Waals surface area (Å²) in [6.07, 6.45) is 0. The van der Waals surface area contributed by atoms with E-state index >= 15 is 0 Å². The maximum atomic E-state index is 14.2. The number of carbonyl (C=O) groups excluding carboxylic acids is 2. The summed E-state index contributed by atoms with van der Waals surface area (Å²) in [5.41, 5.74) is 5.21. The van der Waals surface area contributed by atoms with Crippen molar-refractivity contribution in [3.63, 3.8) is 0 Å². The van der Waals surface area contributed by atoms with Crippen LogP contribution in [-0.4, -0.2) is 68.1 Å². The lowest BCUT2D eigenvalue weighted by Crippen LogP contribution is -2.53. The van der Waals surface area contributed by atoms with E-state index in [0.717, 1.165) is 23.5 Å². The first kappa shape index (κ1) is 24.5. The van der Waals surface area contributed by atoms with Gasteiger partial charge >= 0.3 is 0 Å². The Morgan fingerprint density at radius 2 is 1.81 bits per heavy atom. The summed E-state index contributed by atoms with van der Waals surface area (Å²) < 4.78 is 5.34. The van der Waals surface area contributed by atoms with Gasteiger partial charge < -0.3 is 19.4 Å². The smallest absolute Gasteiger partial charge is 0.254 e. The number of hydrogen-bond acceptors (Lipinski definition) is 5. The molecule has 0 N–H and O–H groups in total. The number of nitrogens with zero attached hydrogens (tertiary/aromatic N) is 3. The number of fused-ring (bicyclic) bond motifs is 1. The third kappa shape index (κ3) is 4.53. The van der Waals surface area contributed by atoms with E-state index in [9.17, 15) is 9.59 Å². The first-order chi connectivity index (χ1) is 17.5. The molecule has 2 aliphatic rings. The highest BCUT2D eigenvalue weighted by Crippen LogP contribution is 2.45. The van der Waals surface area contributed by atoms with Gasteiger partial charge in [-0.05, 0) is 48.6 Å². The third-order valence-corrected chi connectivity index (χ3v) is 8.30. The lowest BCUT2D eigenvalue weighted by Gasteiger charge is -2.44. The van der Waals surface area contributed by atoms with Crippen LogP contribution >= 0.6 is 11.3 Å². The molecule has 0 aliphatic carbocycles. The molecule has 1 saturated heterocycles. The first-order valence-electron chi connectivity index (χ1n) is 12.5. The lowest BCUT2D eigenvalue weighted by molar-refractivity contribution is -0.135. The Bertz CT molecular complexity index is 1230. The van der Waals surface area contributed by atoms with Crippen LogP contribution < -0.4 is 4.90 Å². The van der Waals surface area contributed by atoms with Gasteiger partial charge in [0.15, 0.2) is 0 Å². The number of rotatable bonds is 6. The fourth-order valence-electron chi connectivity index (χ4n) is 5.59. The molecule has 1 fully saturated rings. The van der Waals surface area contributed by atoms with Crippen molar-refractivity contribution in [2.75, 3.05) is 51.3 Å². The van der Waals surface area contributed by atoms with Gasteiger partial charge in [0, 0.05) is 56.0 Å². The summed E-state index contributed by atoms with van der Waals surface area (Å²) in [6, 6.07) is 17.8. The van der Waals surface area contributed by atoms with Crippen molar-refractivity contribution >= 4 is 28.8 Å². The molecule has 2 amide bonds. The molecule has 3 aromatic rings. The fraction of sp³-hybridized carbons (Fsp3) is 0.379. The fourth-order valence-corrected chi connectivity index (χ4v) is 6.47. The van der Waals surface area contributed by atoms with Gasteiger partial charge in [-0.1, -0.05) is 42.0 Å². The van der Waals surface area contributed by atoms with Crippen LogP contribution in [0.25, 0.3) is 0 Å². The van der Waals surface area contributed by atoms with Gasteiger partial charge in [-0.25, -0.2) is 0 Å². The van der Waals surface area contributed by atoms with Crippen LogP contribution in [0.1, 0.15) is 43.9 Å². The average Bonchev–Trinajstić information content (AvgIpc) is 3.42. The molecule has 0 spiro atoms. The highest BCUT2D eigenvalue weighted by molar-refractivity contribution is 7.10. The number of hydrogen-bond donors (Lipinski definition) is 0. The third-order valence-electron chi connectivity index (χ3n) is 7.36. The summed E-state index contributed by atoms with van der Waals surface area (Å²) in [4.78, 5) is 35.1. The van der Waals surface area contributed by atoms with Crippen LogP contribution in [0.5, 0.6) is 0 Å². The molecule has 2 aromatic carbocycles. The van der Waals surface area contributed by atoms with Crippen molar-refractivity contribution in [3.8, 4) is 0 Å². The van der Waals surface area contributed by atoms with E-state index in [-0.39, 0.29) is 17.9 Å². The van der Waals surface area contributed by atoms with Crippen LogP contribution in [0.2, 0.25) is 0 Å². The standard InChI is InChI=1S/C29H33N3O3S/c1-20-10-11-24(21(2)19-20)30-12-14-31(15-13-30)29(34)26-22-7-4-5-8-23(22)28(33)32(16-17-35-3)27(26)25-9-6-18-36-25/h4-11,18-19,26-27H,12-17H2,1-3H3/t26-,27+/m0/s1. The molecule has 0 radical (unpaired) electrons. The van der Waals surface area contributed by atoms with Crippen molar-refractivity contribution in [2.45, 2.75) is 25.8 Å². The van der Waals surface area contributed by atoms with E-state index in [4.69, 9.17) is 4.74 Å². The van der Waals surface area contributed by atoms with Crippen LogP contribution in [-0.2, 0) is 9.53 Å². The summed E-state index contributed by atoms with van der Waals surface area (Å²) in [5.74, 6) is -0.386. The van der Waals surface area contributed by atoms with Crippen molar-refractivity contribution in [1.29, 1.82) is 0 Å². The Hall–Kier alpha value is -3.16. The molecule has 188 valence electrons. The quantitative estimate of drug-likeness (QED) is 0.492. The van der Waals surface area contributed by atoms with E-state index in [1.807, 2.05) is 51.6 Å². The number of piperazine rings is 1. The molecule has 0 saturated carbocycles. The molecule has 36 heavy (non-hydrogen) atoms. The zero-order valence-electron chi connectivity index (χ0n) is 21.1. The zero-order valence-corrected chi connectivity index (χ0v) is 22.0. The van der Waals surface area contributed by atoms with Crippen LogP contribution in [0.3, 0.4) is 0 Å². The highest BCUT2D eigenvalue weighted by Gasteiger charge is 2.46. The molecule has 0 unspecified atom stereocenters. The van der Waals surface area contributed by atoms with Gasteiger partial charge in [-0.3, -0.25) is 9.59 Å². The largest absolute Gasteiger partial charge is 0.383 e. The Morgan fingerprint density at radius 3 is 2.50 bits per heavy atom. The second kappa shape index (κ2) is 10.4. The van der Waals surface area contributed by atoms with Crippen molar-refractivity contribution in [3.05, 3.63) is 87.1 Å². The van der Waals surface area contributed by atoms with Crippen LogP contribution in [0, 0.1) is 13.8 Å². The number of methoxy groups -OCH3 is 1. The van der Waals surface area contributed by atoms with E-state index in [0.29, 0.717) is 31.8 Å². The number of amides is 2. The Labute approximate surface area is 217 Å². The number of aryl methyl sites for hydroxylation is 2. The van der Waals surface area contributed by atoms with Crippen molar-refractivity contribution < 1.29 is 14.3 Å². The van der Waals surface area contributed by atoms with E-state index in [2.05, 4.69) is 36.9 Å². The number of thiophene rings is 1. The molecule has 3 heterocycles. The Kier molecular flexibility index (Phi) is 7.12. The normalized spacial score (nSPS) is 20.0. The molecule has 7 heteroatoms. The van der Waals surface area contributed by atoms with Gasteiger partial charge in [-0.15, -0.1) is 11.3 Å². The number of anilines is 1. The van der Waals surface area contributed by atoms with Crippen molar-refractivity contribution in [2.24, 2.45) is 0 Å². The van der Waals surface area contributed by atoms with Gasteiger partial charge in [0.1, 0.15) is 0 Å². The minimum absolute atomic E-state index is 0.0373. The van der Waals surface area contributed by atoms with Gasteiger partial charge in [0.05, 0.1) is 18.6 Å².